The average Bonchev–Trinajstić information content (AvgIpc) is 3.06. The van der Waals surface area contributed by atoms with E-state index in [1.54, 1.807) is 9.58 Å². The van der Waals surface area contributed by atoms with E-state index in [1.807, 2.05) is 6.92 Å². The zero-order chi connectivity index (χ0) is 20.7. The highest BCUT2D eigenvalue weighted by molar-refractivity contribution is 5.88. The molecule has 1 atom stereocenters. The Morgan fingerprint density at radius 2 is 1.93 bits per heavy atom. The highest BCUT2D eigenvalue weighted by Gasteiger charge is 2.30. The van der Waals surface area contributed by atoms with Crippen molar-refractivity contribution in [3.05, 3.63) is 65.4 Å². The minimum absolute atomic E-state index is 0.180. The molecule has 1 aliphatic heterocycles. The Morgan fingerprint density at radius 3 is 2.66 bits per heavy atom. The van der Waals surface area contributed by atoms with Crippen molar-refractivity contribution in [1.29, 1.82) is 0 Å². The monoisotopic (exact) mass is 401 g/mol. The molecule has 2 aromatic heterocycles. The Bertz CT molecular complexity index is 1100. The summed E-state index contributed by atoms with van der Waals surface area (Å²) in [5, 5.41) is 6.96. The fourth-order valence-electron chi connectivity index (χ4n) is 3.40. The van der Waals surface area contributed by atoms with Gasteiger partial charge in [-0.15, -0.1) is 0 Å². The van der Waals surface area contributed by atoms with Gasteiger partial charge in [-0.25, -0.2) is 22.9 Å². The maximum atomic E-state index is 14.3. The second-order valence-electron chi connectivity index (χ2n) is 6.98. The number of nitrogens with one attached hydrogen (secondary N) is 1. The summed E-state index contributed by atoms with van der Waals surface area (Å²) in [6.45, 7) is 3.98. The number of halogens is 3. The largest absolute Gasteiger partial charge is 0.323 e. The Morgan fingerprint density at radius 1 is 1.14 bits per heavy atom. The summed E-state index contributed by atoms with van der Waals surface area (Å²) in [5.41, 5.74) is 1.55. The van der Waals surface area contributed by atoms with Crippen molar-refractivity contribution >= 4 is 11.8 Å². The average molecular weight is 401 g/mol. The second-order valence-corrected chi connectivity index (χ2v) is 6.98. The molecule has 3 aromatic rings. The highest BCUT2D eigenvalue weighted by Crippen LogP contribution is 2.31. The first-order valence-corrected chi connectivity index (χ1v) is 9.04. The van der Waals surface area contributed by atoms with E-state index in [0.717, 1.165) is 6.07 Å². The molecule has 29 heavy (non-hydrogen) atoms. The van der Waals surface area contributed by atoms with Crippen LogP contribution in [0.5, 0.6) is 0 Å². The lowest BCUT2D eigenvalue weighted by atomic mass is 10.0. The van der Waals surface area contributed by atoms with Gasteiger partial charge in [-0.05, 0) is 38.1 Å². The van der Waals surface area contributed by atoms with E-state index in [4.69, 9.17) is 0 Å². The van der Waals surface area contributed by atoms with E-state index in [1.165, 1.54) is 37.4 Å². The van der Waals surface area contributed by atoms with Gasteiger partial charge < -0.3 is 4.90 Å². The predicted octanol–water partition coefficient (Wildman–Crippen LogP) is 4.11. The lowest BCUT2D eigenvalue weighted by Crippen LogP contribution is -2.47. The van der Waals surface area contributed by atoms with Gasteiger partial charge >= 0.3 is 6.03 Å². The Labute approximate surface area is 165 Å². The van der Waals surface area contributed by atoms with Crippen LogP contribution >= 0.6 is 0 Å². The molecule has 1 aromatic carbocycles. The third-order valence-corrected chi connectivity index (χ3v) is 4.98. The van der Waals surface area contributed by atoms with E-state index in [-0.39, 0.29) is 29.7 Å². The SMILES string of the molecule is Cc1nc(NC(=O)N2Cc3c(-c4ccc(F)cc4F)cnn3CC2C)ccc1F. The van der Waals surface area contributed by atoms with Crippen LogP contribution in [-0.2, 0) is 13.1 Å². The number of anilines is 1. The molecule has 0 fully saturated rings. The molecular formula is C20H18F3N5O. The van der Waals surface area contributed by atoms with Gasteiger partial charge in [0, 0.05) is 17.2 Å². The first-order chi connectivity index (χ1) is 13.8. The van der Waals surface area contributed by atoms with Crippen molar-refractivity contribution in [2.24, 2.45) is 0 Å². The van der Waals surface area contributed by atoms with Crippen LogP contribution in [0, 0.1) is 24.4 Å². The third-order valence-electron chi connectivity index (χ3n) is 4.98. The molecule has 1 N–H and O–H groups in total. The molecule has 1 aliphatic rings. The lowest BCUT2D eigenvalue weighted by Gasteiger charge is -2.34. The first kappa shape index (κ1) is 19.0. The molecule has 150 valence electrons. The number of pyridine rings is 1. The molecule has 1 unspecified atom stereocenters. The van der Waals surface area contributed by atoms with Gasteiger partial charge in [-0.1, -0.05) is 0 Å². The van der Waals surface area contributed by atoms with E-state index in [0.29, 0.717) is 17.8 Å². The molecular weight excluding hydrogens is 383 g/mol. The van der Waals surface area contributed by atoms with Crippen molar-refractivity contribution in [3.8, 4) is 11.1 Å². The number of carbonyl (C=O) groups is 1. The van der Waals surface area contributed by atoms with E-state index < -0.39 is 23.5 Å². The number of hydrogen-bond donors (Lipinski definition) is 1. The molecule has 0 saturated carbocycles. The van der Waals surface area contributed by atoms with E-state index >= 15 is 0 Å². The summed E-state index contributed by atoms with van der Waals surface area (Å²) in [7, 11) is 0. The number of aryl methyl sites for hydroxylation is 1. The van der Waals surface area contributed by atoms with Crippen molar-refractivity contribution < 1.29 is 18.0 Å². The molecule has 0 bridgehead atoms. The zero-order valence-corrected chi connectivity index (χ0v) is 15.8. The van der Waals surface area contributed by atoms with Crippen LogP contribution in [0.15, 0.2) is 36.5 Å². The summed E-state index contributed by atoms with van der Waals surface area (Å²) in [6.07, 6.45) is 1.52. The molecule has 0 saturated heterocycles. The number of amides is 2. The number of urea groups is 1. The smallest absolute Gasteiger partial charge is 0.314 e. The molecule has 4 rings (SSSR count). The molecule has 6 nitrogen and oxygen atoms in total. The summed E-state index contributed by atoms with van der Waals surface area (Å²) < 4.78 is 42.6. The number of aromatic nitrogens is 3. The number of rotatable bonds is 2. The number of benzene rings is 1. The van der Waals surface area contributed by atoms with Crippen molar-refractivity contribution in [1.82, 2.24) is 19.7 Å². The Kier molecular flexibility index (Phi) is 4.73. The predicted molar refractivity (Wildman–Crippen MR) is 101 cm³/mol. The second kappa shape index (κ2) is 7.23. The molecule has 0 aliphatic carbocycles. The summed E-state index contributed by atoms with van der Waals surface area (Å²) in [5.74, 6) is -1.57. The maximum Gasteiger partial charge on any atom is 0.323 e. The number of fused-ring (bicyclic) bond motifs is 1. The molecule has 0 radical (unpaired) electrons. The van der Waals surface area contributed by atoms with Gasteiger partial charge in [0.25, 0.3) is 0 Å². The van der Waals surface area contributed by atoms with Crippen LogP contribution in [-0.4, -0.2) is 31.7 Å². The van der Waals surface area contributed by atoms with Crippen LogP contribution in [0.4, 0.5) is 23.8 Å². The van der Waals surface area contributed by atoms with Crippen LogP contribution in [0.25, 0.3) is 11.1 Å². The number of carbonyl (C=O) groups excluding carboxylic acids is 1. The standard InChI is InChI=1S/C20H18F3N5O/c1-11-9-28-18(15(8-24-28)14-4-3-13(21)7-17(14)23)10-27(11)20(29)26-19-6-5-16(22)12(2)25-19/h3-8,11H,9-10H2,1-2H3,(H,25,26,29). The van der Waals surface area contributed by atoms with Gasteiger partial charge in [0.2, 0.25) is 0 Å². The Hall–Kier alpha value is -3.36. The van der Waals surface area contributed by atoms with E-state index in [9.17, 15) is 18.0 Å². The zero-order valence-electron chi connectivity index (χ0n) is 15.8. The van der Waals surface area contributed by atoms with Crippen LogP contribution in [0.1, 0.15) is 18.3 Å². The molecule has 9 heteroatoms. The van der Waals surface area contributed by atoms with E-state index in [2.05, 4.69) is 15.4 Å². The fourth-order valence-corrected chi connectivity index (χ4v) is 3.40. The topological polar surface area (TPSA) is 63.1 Å². The van der Waals surface area contributed by atoms with Crippen molar-refractivity contribution in [2.75, 3.05) is 5.32 Å². The van der Waals surface area contributed by atoms with Crippen LogP contribution in [0.3, 0.4) is 0 Å². The molecule has 3 heterocycles. The number of hydrogen-bond acceptors (Lipinski definition) is 3. The summed E-state index contributed by atoms with van der Waals surface area (Å²) >= 11 is 0. The lowest BCUT2D eigenvalue weighted by molar-refractivity contribution is 0.161. The minimum atomic E-state index is -0.693. The fraction of sp³-hybridized carbons (Fsp3) is 0.250. The summed E-state index contributed by atoms with van der Waals surface area (Å²) in [6, 6.07) is 5.39. The third kappa shape index (κ3) is 3.55. The molecule has 0 spiro atoms. The quantitative estimate of drug-likeness (QED) is 0.703. The first-order valence-electron chi connectivity index (χ1n) is 9.04. The van der Waals surface area contributed by atoms with Gasteiger partial charge in [0.15, 0.2) is 0 Å². The number of nitrogens with zero attached hydrogens (tertiary/aromatic N) is 4. The highest BCUT2D eigenvalue weighted by atomic mass is 19.1. The summed E-state index contributed by atoms with van der Waals surface area (Å²) in [4.78, 5) is 18.4. The van der Waals surface area contributed by atoms with Gasteiger partial charge in [0.05, 0.1) is 36.7 Å². The molecule has 2 amide bonds. The van der Waals surface area contributed by atoms with Gasteiger partial charge in [0.1, 0.15) is 23.3 Å². The minimum Gasteiger partial charge on any atom is -0.314 e. The van der Waals surface area contributed by atoms with Gasteiger partial charge in [-0.2, -0.15) is 5.10 Å². The van der Waals surface area contributed by atoms with Gasteiger partial charge in [-0.3, -0.25) is 10.00 Å². The van der Waals surface area contributed by atoms with Crippen LogP contribution in [0.2, 0.25) is 0 Å². The Balaban J connectivity index is 1.61. The van der Waals surface area contributed by atoms with Crippen molar-refractivity contribution in [3.63, 3.8) is 0 Å². The van der Waals surface area contributed by atoms with Crippen molar-refractivity contribution in [2.45, 2.75) is 33.0 Å². The van der Waals surface area contributed by atoms with Crippen LogP contribution < -0.4 is 5.32 Å². The maximum absolute atomic E-state index is 14.3. The normalized spacial score (nSPS) is 15.9.